The van der Waals surface area contributed by atoms with Gasteiger partial charge in [-0.2, -0.15) is 13.2 Å². The number of alkyl halides is 3. The van der Waals surface area contributed by atoms with Crippen LogP contribution >= 0.6 is 0 Å². The van der Waals surface area contributed by atoms with E-state index < -0.39 is 28.9 Å². The Bertz CT molecular complexity index is 474. The van der Waals surface area contributed by atoms with Crippen molar-refractivity contribution in [2.45, 2.75) is 25.9 Å². The zero-order valence-corrected chi connectivity index (χ0v) is 9.77. The molecule has 0 heterocycles. The summed E-state index contributed by atoms with van der Waals surface area (Å²) in [6.07, 6.45) is -4.39. The average molecular weight is 260 g/mol. The Labute approximate surface area is 102 Å². The van der Waals surface area contributed by atoms with E-state index in [9.17, 15) is 22.4 Å². The van der Waals surface area contributed by atoms with Gasteiger partial charge in [0, 0.05) is 12.0 Å². The lowest BCUT2D eigenvalue weighted by Crippen LogP contribution is -2.14. The van der Waals surface area contributed by atoms with Gasteiger partial charge in [-0.15, -0.1) is 0 Å². The van der Waals surface area contributed by atoms with Gasteiger partial charge in [0.2, 0.25) is 0 Å². The third-order valence-electron chi connectivity index (χ3n) is 2.50. The fourth-order valence-corrected chi connectivity index (χ4v) is 1.44. The van der Waals surface area contributed by atoms with E-state index in [-0.39, 0.29) is 6.42 Å². The Morgan fingerprint density at radius 1 is 1.33 bits per heavy atom. The highest BCUT2D eigenvalue weighted by atomic mass is 19.4. The van der Waals surface area contributed by atoms with Crippen LogP contribution in [0.4, 0.5) is 17.6 Å². The first-order chi connectivity index (χ1) is 8.25. The molecule has 0 bridgehead atoms. The minimum atomic E-state index is -4.67. The van der Waals surface area contributed by atoms with E-state index in [4.69, 9.17) is 0 Å². The maximum Gasteiger partial charge on any atom is 0.417 e. The van der Waals surface area contributed by atoms with Gasteiger partial charge in [-0.25, -0.2) is 4.39 Å². The highest BCUT2D eigenvalue weighted by molar-refractivity contribution is 5.99. The number of ketones is 1. The van der Waals surface area contributed by atoms with Gasteiger partial charge in [0.25, 0.3) is 0 Å². The van der Waals surface area contributed by atoms with E-state index in [1.807, 2.05) is 0 Å². The van der Waals surface area contributed by atoms with Crippen LogP contribution < -0.4 is 0 Å². The van der Waals surface area contributed by atoms with Crippen LogP contribution in [0.15, 0.2) is 30.4 Å². The molecule has 1 aromatic rings. The van der Waals surface area contributed by atoms with Gasteiger partial charge in [-0.05, 0) is 24.6 Å². The molecule has 98 valence electrons. The van der Waals surface area contributed by atoms with Crippen LogP contribution in [0, 0.1) is 5.82 Å². The van der Waals surface area contributed by atoms with E-state index in [0.29, 0.717) is 30.2 Å². The molecule has 0 aromatic heterocycles. The summed E-state index contributed by atoms with van der Waals surface area (Å²) in [4.78, 5) is 11.7. The summed E-state index contributed by atoms with van der Waals surface area (Å²) in [6.45, 7) is 5.30. The smallest absolute Gasteiger partial charge is 0.294 e. The lowest BCUT2D eigenvalue weighted by molar-refractivity contribution is -0.137. The monoisotopic (exact) mass is 260 g/mol. The summed E-state index contributed by atoms with van der Waals surface area (Å²) in [5.74, 6) is -1.64. The van der Waals surface area contributed by atoms with Crippen molar-refractivity contribution < 1.29 is 22.4 Å². The van der Waals surface area contributed by atoms with Crippen LogP contribution in [0.25, 0.3) is 0 Å². The molecule has 0 aliphatic rings. The molecule has 1 aromatic carbocycles. The highest BCUT2D eigenvalue weighted by Crippen LogP contribution is 2.33. The largest absolute Gasteiger partial charge is 0.417 e. The van der Waals surface area contributed by atoms with E-state index in [0.717, 1.165) is 0 Å². The highest BCUT2D eigenvalue weighted by Gasteiger charge is 2.35. The second-order valence-corrected chi connectivity index (χ2v) is 3.89. The van der Waals surface area contributed by atoms with Crippen LogP contribution in [-0.2, 0) is 6.18 Å². The van der Waals surface area contributed by atoms with Gasteiger partial charge < -0.3 is 0 Å². The molecule has 0 saturated heterocycles. The molecule has 0 N–H and O–H groups in total. The van der Waals surface area contributed by atoms with Crippen LogP contribution in [-0.4, -0.2) is 5.78 Å². The van der Waals surface area contributed by atoms with Crippen molar-refractivity contribution in [2.75, 3.05) is 0 Å². The Kier molecular flexibility index (Phi) is 4.27. The summed E-state index contributed by atoms with van der Waals surface area (Å²) < 4.78 is 51.0. The SMILES string of the molecule is C=C(CC)CC(=O)c1cc(F)ccc1C(F)(F)F. The Morgan fingerprint density at radius 2 is 1.94 bits per heavy atom. The number of rotatable bonds is 4. The molecule has 18 heavy (non-hydrogen) atoms. The van der Waals surface area contributed by atoms with Gasteiger partial charge in [0.15, 0.2) is 5.78 Å². The Morgan fingerprint density at radius 3 is 2.44 bits per heavy atom. The molecule has 0 atom stereocenters. The van der Waals surface area contributed by atoms with Gasteiger partial charge in [0.05, 0.1) is 5.56 Å². The van der Waals surface area contributed by atoms with Crippen molar-refractivity contribution in [1.29, 1.82) is 0 Å². The summed E-state index contributed by atoms with van der Waals surface area (Å²) >= 11 is 0. The number of halogens is 4. The number of benzene rings is 1. The fraction of sp³-hybridized carbons (Fsp3) is 0.308. The van der Waals surface area contributed by atoms with Crippen molar-refractivity contribution in [1.82, 2.24) is 0 Å². The fourth-order valence-electron chi connectivity index (χ4n) is 1.44. The third kappa shape index (κ3) is 3.42. The molecule has 0 unspecified atom stereocenters. The number of hydrogen-bond acceptors (Lipinski definition) is 1. The average Bonchev–Trinajstić information content (AvgIpc) is 2.26. The minimum absolute atomic E-state index is 0.205. The third-order valence-corrected chi connectivity index (χ3v) is 2.50. The van der Waals surface area contributed by atoms with Crippen molar-refractivity contribution in [3.8, 4) is 0 Å². The molecule has 1 nitrogen and oxygen atoms in total. The van der Waals surface area contributed by atoms with E-state index in [1.54, 1.807) is 6.92 Å². The molecule has 1 rings (SSSR count). The molecule has 0 spiro atoms. The topological polar surface area (TPSA) is 17.1 Å². The van der Waals surface area contributed by atoms with Crippen molar-refractivity contribution in [3.63, 3.8) is 0 Å². The summed E-state index contributed by atoms with van der Waals surface area (Å²) in [7, 11) is 0. The minimum Gasteiger partial charge on any atom is -0.294 e. The van der Waals surface area contributed by atoms with Crippen LogP contribution in [0.3, 0.4) is 0 Å². The first kappa shape index (κ1) is 14.4. The first-order valence-electron chi connectivity index (χ1n) is 5.32. The number of Topliss-reactive ketones (excluding diaryl/α,β-unsaturated/α-hetero) is 1. The van der Waals surface area contributed by atoms with Gasteiger partial charge in [-0.3, -0.25) is 4.79 Å². The number of carbonyl (C=O) groups is 1. The van der Waals surface area contributed by atoms with Crippen LogP contribution in [0.1, 0.15) is 35.7 Å². The zero-order valence-electron chi connectivity index (χ0n) is 9.77. The molecule has 0 saturated carbocycles. The van der Waals surface area contributed by atoms with Gasteiger partial charge in [0.1, 0.15) is 5.82 Å². The molecule has 0 fully saturated rings. The Hall–Kier alpha value is -1.65. The maximum absolute atomic E-state index is 13.0. The zero-order chi connectivity index (χ0) is 13.9. The standard InChI is InChI=1S/C13H12F4O/c1-3-8(2)6-12(18)10-7-9(14)4-5-11(10)13(15,16)17/h4-5,7H,2-3,6H2,1H3. The van der Waals surface area contributed by atoms with Crippen molar-refractivity contribution in [3.05, 3.63) is 47.3 Å². The summed E-state index contributed by atoms with van der Waals surface area (Å²) in [6, 6.07) is 1.89. The molecule has 0 radical (unpaired) electrons. The van der Waals surface area contributed by atoms with E-state index >= 15 is 0 Å². The van der Waals surface area contributed by atoms with Crippen molar-refractivity contribution >= 4 is 5.78 Å². The predicted octanol–water partition coefficient (Wildman–Crippen LogP) is 4.38. The lowest BCUT2D eigenvalue weighted by atomic mass is 9.97. The van der Waals surface area contributed by atoms with E-state index in [1.165, 1.54) is 0 Å². The molecular weight excluding hydrogens is 248 g/mol. The van der Waals surface area contributed by atoms with E-state index in [2.05, 4.69) is 6.58 Å². The molecule has 0 aliphatic heterocycles. The Balaban J connectivity index is 3.17. The van der Waals surface area contributed by atoms with Gasteiger partial charge >= 0.3 is 6.18 Å². The number of carbonyl (C=O) groups excluding carboxylic acids is 1. The molecular formula is C13H12F4O. The quantitative estimate of drug-likeness (QED) is 0.446. The maximum atomic E-state index is 13.0. The second-order valence-electron chi connectivity index (χ2n) is 3.89. The van der Waals surface area contributed by atoms with Crippen molar-refractivity contribution in [2.24, 2.45) is 0 Å². The first-order valence-corrected chi connectivity index (χ1v) is 5.32. The number of allylic oxidation sites excluding steroid dienone is 1. The van der Waals surface area contributed by atoms with Gasteiger partial charge in [-0.1, -0.05) is 19.1 Å². The summed E-state index contributed by atoms with van der Waals surface area (Å²) in [5, 5.41) is 0. The predicted molar refractivity (Wildman–Crippen MR) is 59.8 cm³/mol. The molecule has 0 amide bonds. The number of hydrogen-bond donors (Lipinski definition) is 0. The summed E-state index contributed by atoms with van der Waals surface area (Å²) in [5.41, 5.74) is -1.24. The molecule has 0 aliphatic carbocycles. The van der Waals surface area contributed by atoms with Crippen LogP contribution in [0.5, 0.6) is 0 Å². The second kappa shape index (κ2) is 5.33. The normalized spacial score (nSPS) is 11.4. The van der Waals surface area contributed by atoms with Crippen LogP contribution in [0.2, 0.25) is 0 Å². The lowest BCUT2D eigenvalue weighted by Gasteiger charge is -2.12. The molecule has 5 heteroatoms.